The van der Waals surface area contributed by atoms with Crippen LogP contribution < -0.4 is 4.74 Å². The van der Waals surface area contributed by atoms with Gasteiger partial charge in [-0.2, -0.15) is 8.42 Å². The van der Waals surface area contributed by atoms with Crippen molar-refractivity contribution in [3.05, 3.63) is 83.6 Å². The summed E-state index contributed by atoms with van der Waals surface area (Å²) in [5, 5.41) is 0. The highest BCUT2D eigenvalue weighted by Gasteiger charge is 2.04. The molecule has 170 valence electrons. The molecule has 6 nitrogen and oxygen atoms in total. The number of oxazole rings is 1. The Labute approximate surface area is 190 Å². The summed E-state index contributed by atoms with van der Waals surface area (Å²) in [5.41, 5.74) is 3.07. The number of nitrogens with zero attached hydrogens (tertiary/aromatic N) is 1. The highest BCUT2D eigenvalue weighted by atomic mass is 32.2. The van der Waals surface area contributed by atoms with Crippen LogP contribution in [0.25, 0.3) is 12.2 Å². The fourth-order valence-electron chi connectivity index (χ4n) is 3.10. The maximum atomic E-state index is 10.9. The van der Waals surface area contributed by atoms with Gasteiger partial charge in [0.15, 0.2) is 0 Å². The lowest BCUT2D eigenvalue weighted by Crippen LogP contribution is -2.03. The molecule has 0 saturated heterocycles. The van der Waals surface area contributed by atoms with E-state index in [-0.39, 0.29) is 6.61 Å². The molecule has 0 atom stereocenters. The Morgan fingerprint density at radius 1 is 0.938 bits per heavy atom. The number of hydrogen-bond donors (Lipinski definition) is 0. The third-order valence-corrected chi connectivity index (χ3v) is 5.35. The van der Waals surface area contributed by atoms with Crippen LogP contribution in [0.4, 0.5) is 0 Å². The van der Waals surface area contributed by atoms with Crippen LogP contribution in [-0.4, -0.2) is 26.3 Å². The standard InChI is InChI=1S/C25H29NO5S/c1-32(27,28)31-18-8-3-2-5-11-22-12-15-24(16-13-22)29-19-23-20-30-25(26-23)17-14-21-9-6-4-7-10-21/h4,6-7,9-10,12-17,20H,2-3,5,8,11,18-19H2,1H3/b17-14+. The number of rotatable bonds is 13. The predicted octanol–water partition coefficient (Wildman–Crippen LogP) is 5.50. The summed E-state index contributed by atoms with van der Waals surface area (Å²) >= 11 is 0. The Kier molecular flexibility index (Phi) is 9.07. The molecule has 2 aromatic carbocycles. The van der Waals surface area contributed by atoms with E-state index in [1.807, 2.05) is 54.6 Å². The van der Waals surface area contributed by atoms with Crippen molar-refractivity contribution >= 4 is 22.3 Å². The monoisotopic (exact) mass is 455 g/mol. The van der Waals surface area contributed by atoms with E-state index in [1.54, 1.807) is 6.26 Å². The van der Waals surface area contributed by atoms with Crippen LogP contribution >= 0.6 is 0 Å². The van der Waals surface area contributed by atoms with Gasteiger partial charge in [0.25, 0.3) is 10.1 Å². The molecule has 0 amide bonds. The summed E-state index contributed by atoms with van der Waals surface area (Å²) in [5.74, 6) is 1.33. The van der Waals surface area contributed by atoms with Gasteiger partial charge in [0.1, 0.15) is 24.3 Å². The van der Waals surface area contributed by atoms with Gasteiger partial charge in [-0.05, 0) is 48.6 Å². The van der Waals surface area contributed by atoms with Crippen molar-refractivity contribution in [2.24, 2.45) is 0 Å². The molecule has 0 bridgehead atoms. The molecule has 7 heteroatoms. The third-order valence-electron chi connectivity index (χ3n) is 4.75. The van der Waals surface area contributed by atoms with E-state index >= 15 is 0 Å². The largest absolute Gasteiger partial charge is 0.487 e. The number of benzene rings is 2. The van der Waals surface area contributed by atoms with Crippen LogP contribution in [0, 0.1) is 0 Å². The topological polar surface area (TPSA) is 78.6 Å². The van der Waals surface area contributed by atoms with Crippen molar-refractivity contribution < 1.29 is 21.8 Å². The minimum absolute atomic E-state index is 0.265. The van der Waals surface area contributed by atoms with Crippen molar-refractivity contribution in [3.63, 3.8) is 0 Å². The highest BCUT2D eigenvalue weighted by Crippen LogP contribution is 2.17. The van der Waals surface area contributed by atoms with Crippen LogP contribution in [0.15, 0.2) is 65.3 Å². The number of unbranched alkanes of at least 4 members (excludes halogenated alkanes) is 3. The molecule has 0 aliphatic carbocycles. The summed E-state index contributed by atoms with van der Waals surface area (Å²) in [4.78, 5) is 4.42. The van der Waals surface area contributed by atoms with E-state index < -0.39 is 10.1 Å². The first kappa shape index (κ1) is 23.8. The van der Waals surface area contributed by atoms with Gasteiger partial charge in [0.05, 0.1) is 12.9 Å². The zero-order chi connectivity index (χ0) is 22.7. The Morgan fingerprint density at radius 3 is 2.44 bits per heavy atom. The molecular formula is C25H29NO5S. The molecule has 0 fully saturated rings. The fourth-order valence-corrected chi connectivity index (χ4v) is 3.52. The van der Waals surface area contributed by atoms with Gasteiger partial charge in [-0.3, -0.25) is 4.18 Å². The lowest BCUT2D eigenvalue weighted by atomic mass is 10.1. The first-order valence-corrected chi connectivity index (χ1v) is 12.5. The molecule has 0 N–H and O–H groups in total. The maximum Gasteiger partial charge on any atom is 0.264 e. The fraction of sp³-hybridized carbons (Fsp3) is 0.320. The number of aromatic nitrogens is 1. The van der Waals surface area contributed by atoms with E-state index in [1.165, 1.54) is 5.56 Å². The summed E-state index contributed by atoms with van der Waals surface area (Å²) in [6.07, 6.45) is 11.3. The van der Waals surface area contributed by atoms with E-state index in [4.69, 9.17) is 13.3 Å². The van der Waals surface area contributed by atoms with Gasteiger partial charge in [-0.1, -0.05) is 55.3 Å². The Morgan fingerprint density at radius 2 is 1.69 bits per heavy atom. The average molecular weight is 456 g/mol. The molecule has 3 aromatic rings. The first-order chi connectivity index (χ1) is 15.5. The summed E-state index contributed by atoms with van der Waals surface area (Å²) in [6, 6.07) is 18.1. The van der Waals surface area contributed by atoms with Crippen molar-refractivity contribution in [2.45, 2.75) is 38.7 Å². The average Bonchev–Trinajstić information content (AvgIpc) is 3.24. The van der Waals surface area contributed by atoms with Crippen molar-refractivity contribution in [1.29, 1.82) is 0 Å². The second-order valence-electron chi connectivity index (χ2n) is 7.54. The smallest absolute Gasteiger partial charge is 0.264 e. The molecule has 1 aromatic heterocycles. The van der Waals surface area contributed by atoms with Crippen molar-refractivity contribution in [2.75, 3.05) is 12.9 Å². The summed E-state index contributed by atoms with van der Waals surface area (Å²) in [6.45, 7) is 0.610. The highest BCUT2D eigenvalue weighted by molar-refractivity contribution is 7.85. The van der Waals surface area contributed by atoms with Gasteiger partial charge in [0, 0.05) is 6.08 Å². The van der Waals surface area contributed by atoms with E-state index in [9.17, 15) is 8.42 Å². The van der Waals surface area contributed by atoms with Crippen LogP contribution in [0.3, 0.4) is 0 Å². The molecule has 3 rings (SSSR count). The predicted molar refractivity (Wildman–Crippen MR) is 126 cm³/mol. The maximum absolute atomic E-state index is 10.9. The van der Waals surface area contributed by atoms with Crippen LogP contribution in [0.2, 0.25) is 0 Å². The zero-order valence-electron chi connectivity index (χ0n) is 18.3. The SMILES string of the molecule is CS(=O)(=O)OCCCCCCc1ccc(OCc2coc(/C=C/c3ccccc3)n2)cc1. The number of aryl methyl sites for hydroxylation is 1. The Bertz CT molecular complexity index is 1070. The van der Waals surface area contributed by atoms with Gasteiger partial charge < -0.3 is 9.15 Å². The normalized spacial score (nSPS) is 11.8. The quantitative estimate of drug-likeness (QED) is 0.250. The minimum atomic E-state index is -3.32. The second kappa shape index (κ2) is 12.2. The molecule has 1 heterocycles. The van der Waals surface area contributed by atoms with Crippen LogP contribution in [0.5, 0.6) is 5.75 Å². The molecule has 0 spiro atoms. The molecule has 0 aliphatic heterocycles. The molecule has 0 radical (unpaired) electrons. The summed E-state index contributed by atoms with van der Waals surface area (Å²) < 4.78 is 37.8. The van der Waals surface area contributed by atoms with Gasteiger partial charge in [0.2, 0.25) is 5.89 Å². The van der Waals surface area contributed by atoms with E-state index in [0.29, 0.717) is 12.5 Å². The number of ether oxygens (including phenoxy) is 1. The second-order valence-corrected chi connectivity index (χ2v) is 9.19. The van der Waals surface area contributed by atoms with Crippen LogP contribution in [0.1, 0.15) is 48.4 Å². The van der Waals surface area contributed by atoms with Gasteiger partial charge in [-0.15, -0.1) is 0 Å². The van der Waals surface area contributed by atoms with Crippen molar-refractivity contribution in [1.82, 2.24) is 4.98 Å². The van der Waals surface area contributed by atoms with Crippen LogP contribution in [-0.2, 0) is 27.3 Å². The van der Waals surface area contributed by atoms with Crippen molar-refractivity contribution in [3.8, 4) is 5.75 Å². The van der Waals surface area contributed by atoms with Gasteiger partial charge >= 0.3 is 0 Å². The minimum Gasteiger partial charge on any atom is -0.487 e. The Balaban J connectivity index is 1.34. The lowest BCUT2D eigenvalue weighted by molar-refractivity contribution is 0.301. The van der Waals surface area contributed by atoms with Gasteiger partial charge in [-0.25, -0.2) is 4.98 Å². The molecule has 0 saturated carbocycles. The number of hydrogen-bond acceptors (Lipinski definition) is 6. The molecular weight excluding hydrogens is 426 g/mol. The molecule has 0 unspecified atom stereocenters. The van der Waals surface area contributed by atoms with E-state index in [2.05, 4.69) is 17.1 Å². The zero-order valence-corrected chi connectivity index (χ0v) is 19.1. The summed E-state index contributed by atoms with van der Waals surface area (Å²) in [7, 11) is -3.32. The van der Waals surface area contributed by atoms with E-state index in [0.717, 1.165) is 55.4 Å². The molecule has 32 heavy (non-hydrogen) atoms. The lowest BCUT2D eigenvalue weighted by Gasteiger charge is -2.06. The Hall–Kier alpha value is -2.90. The third kappa shape index (κ3) is 9.08. The molecule has 0 aliphatic rings. The first-order valence-electron chi connectivity index (χ1n) is 10.7.